The van der Waals surface area contributed by atoms with Crippen LogP contribution in [0.2, 0.25) is 0 Å². The second-order valence-corrected chi connectivity index (χ2v) is 5.19. The van der Waals surface area contributed by atoms with Crippen LogP contribution in [-0.4, -0.2) is 40.3 Å². The quantitative estimate of drug-likeness (QED) is 0.722. The van der Waals surface area contributed by atoms with Gasteiger partial charge in [0, 0.05) is 18.3 Å². The molecule has 0 bridgehead atoms. The molecule has 0 amide bonds. The summed E-state index contributed by atoms with van der Waals surface area (Å²) in [5.74, 6) is 1.37. The Labute approximate surface area is 123 Å². The van der Waals surface area contributed by atoms with E-state index < -0.39 is 0 Å². The highest BCUT2D eigenvalue weighted by atomic mass is 16.4. The summed E-state index contributed by atoms with van der Waals surface area (Å²) in [6.07, 6.45) is 5.50. The lowest BCUT2D eigenvalue weighted by Gasteiger charge is -2.08. The van der Waals surface area contributed by atoms with Crippen LogP contribution in [-0.2, 0) is 6.54 Å². The number of oxazole rings is 1. The monoisotopic (exact) mass is 282 g/mol. The summed E-state index contributed by atoms with van der Waals surface area (Å²) in [4.78, 5) is 6.47. The van der Waals surface area contributed by atoms with Gasteiger partial charge in [0.25, 0.3) is 0 Å². The summed E-state index contributed by atoms with van der Waals surface area (Å²) in [6, 6.07) is 9.96. The summed E-state index contributed by atoms with van der Waals surface area (Å²) in [7, 11) is 4.09. The molecule has 0 aliphatic carbocycles. The molecular formula is C16H18N4O. The molecule has 0 aliphatic rings. The standard InChI is InChI=1S/C16H18N4O/c1-19(2)8-9-20-12-14(10-18-20)16-17-11-15(21-16)13-6-4-3-5-7-13/h3-7,10-12H,8-9H2,1-2H3. The molecule has 5 heteroatoms. The van der Waals surface area contributed by atoms with E-state index in [4.69, 9.17) is 4.42 Å². The van der Waals surface area contributed by atoms with Gasteiger partial charge in [-0.1, -0.05) is 30.3 Å². The van der Waals surface area contributed by atoms with Crippen molar-refractivity contribution in [2.75, 3.05) is 20.6 Å². The Morgan fingerprint density at radius 1 is 1.10 bits per heavy atom. The molecule has 0 atom stereocenters. The second-order valence-electron chi connectivity index (χ2n) is 5.19. The van der Waals surface area contributed by atoms with E-state index in [1.165, 1.54) is 0 Å². The van der Waals surface area contributed by atoms with Gasteiger partial charge in [-0.25, -0.2) is 4.98 Å². The van der Waals surface area contributed by atoms with Gasteiger partial charge in [0.2, 0.25) is 5.89 Å². The Kier molecular flexibility index (Phi) is 3.83. The zero-order valence-electron chi connectivity index (χ0n) is 12.2. The molecule has 3 aromatic rings. The van der Waals surface area contributed by atoms with Crippen LogP contribution in [0.4, 0.5) is 0 Å². The Morgan fingerprint density at radius 3 is 2.67 bits per heavy atom. The predicted molar refractivity (Wildman–Crippen MR) is 81.7 cm³/mol. The van der Waals surface area contributed by atoms with E-state index in [-0.39, 0.29) is 0 Å². The number of hydrogen-bond donors (Lipinski definition) is 0. The summed E-state index contributed by atoms with van der Waals surface area (Å²) < 4.78 is 7.72. The van der Waals surface area contributed by atoms with E-state index >= 15 is 0 Å². The molecule has 1 aromatic carbocycles. The van der Waals surface area contributed by atoms with E-state index in [1.54, 1.807) is 12.4 Å². The molecule has 2 aromatic heterocycles. The number of nitrogens with zero attached hydrogens (tertiary/aromatic N) is 4. The topological polar surface area (TPSA) is 47.1 Å². The van der Waals surface area contributed by atoms with Crippen LogP contribution in [0.1, 0.15) is 0 Å². The Morgan fingerprint density at radius 2 is 1.90 bits per heavy atom. The third-order valence-electron chi connectivity index (χ3n) is 3.22. The van der Waals surface area contributed by atoms with Crippen molar-refractivity contribution in [3.05, 3.63) is 48.9 Å². The van der Waals surface area contributed by atoms with Crippen LogP contribution in [0.25, 0.3) is 22.8 Å². The van der Waals surface area contributed by atoms with Gasteiger partial charge in [0.05, 0.1) is 24.5 Å². The lowest BCUT2D eigenvalue weighted by atomic mass is 10.2. The molecule has 0 saturated carbocycles. The molecule has 0 spiro atoms. The lowest BCUT2D eigenvalue weighted by Crippen LogP contribution is -2.18. The van der Waals surface area contributed by atoms with Crippen molar-refractivity contribution in [1.29, 1.82) is 0 Å². The predicted octanol–water partition coefficient (Wildman–Crippen LogP) is 2.77. The maximum Gasteiger partial charge on any atom is 0.229 e. The van der Waals surface area contributed by atoms with E-state index in [0.717, 1.165) is 30.0 Å². The maximum absolute atomic E-state index is 5.82. The van der Waals surface area contributed by atoms with Gasteiger partial charge in [0.1, 0.15) is 0 Å². The number of benzene rings is 1. The van der Waals surface area contributed by atoms with Gasteiger partial charge in [-0.05, 0) is 14.1 Å². The van der Waals surface area contributed by atoms with Crippen molar-refractivity contribution in [1.82, 2.24) is 19.7 Å². The number of aromatic nitrogens is 3. The fourth-order valence-corrected chi connectivity index (χ4v) is 2.04. The van der Waals surface area contributed by atoms with E-state index in [1.807, 2.05) is 55.3 Å². The number of hydrogen-bond acceptors (Lipinski definition) is 4. The average Bonchev–Trinajstić information content (AvgIpc) is 3.15. The van der Waals surface area contributed by atoms with Crippen LogP contribution in [0.3, 0.4) is 0 Å². The molecule has 21 heavy (non-hydrogen) atoms. The highest BCUT2D eigenvalue weighted by Crippen LogP contribution is 2.25. The smallest absolute Gasteiger partial charge is 0.229 e. The highest BCUT2D eigenvalue weighted by molar-refractivity contribution is 5.60. The first-order valence-electron chi connectivity index (χ1n) is 6.91. The molecule has 0 aliphatic heterocycles. The third-order valence-corrected chi connectivity index (χ3v) is 3.22. The van der Waals surface area contributed by atoms with Gasteiger partial charge in [0.15, 0.2) is 5.76 Å². The van der Waals surface area contributed by atoms with Gasteiger partial charge in [-0.15, -0.1) is 0 Å². The lowest BCUT2D eigenvalue weighted by molar-refractivity contribution is 0.373. The minimum atomic E-state index is 0.602. The summed E-state index contributed by atoms with van der Waals surface area (Å²) in [5, 5.41) is 4.34. The van der Waals surface area contributed by atoms with Crippen LogP contribution in [0, 0.1) is 0 Å². The van der Waals surface area contributed by atoms with Gasteiger partial charge in [-0.3, -0.25) is 4.68 Å². The number of rotatable bonds is 5. The highest BCUT2D eigenvalue weighted by Gasteiger charge is 2.10. The van der Waals surface area contributed by atoms with Crippen molar-refractivity contribution in [3.8, 4) is 22.8 Å². The first kappa shape index (κ1) is 13.6. The van der Waals surface area contributed by atoms with E-state index in [2.05, 4.69) is 15.0 Å². The van der Waals surface area contributed by atoms with Crippen LogP contribution in [0.5, 0.6) is 0 Å². The SMILES string of the molecule is CN(C)CCn1cc(-c2ncc(-c3ccccc3)o2)cn1. The zero-order chi connectivity index (χ0) is 14.7. The molecule has 0 radical (unpaired) electrons. The normalized spacial score (nSPS) is 11.2. The molecular weight excluding hydrogens is 264 g/mol. The maximum atomic E-state index is 5.82. The molecule has 3 rings (SSSR count). The molecule has 108 valence electrons. The minimum Gasteiger partial charge on any atom is -0.436 e. The van der Waals surface area contributed by atoms with Crippen molar-refractivity contribution in [2.45, 2.75) is 6.54 Å². The zero-order valence-corrected chi connectivity index (χ0v) is 12.2. The van der Waals surface area contributed by atoms with Crippen molar-refractivity contribution >= 4 is 0 Å². The third kappa shape index (κ3) is 3.20. The fraction of sp³-hybridized carbons (Fsp3) is 0.250. The largest absolute Gasteiger partial charge is 0.436 e. The van der Waals surface area contributed by atoms with Crippen molar-refractivity contribution in [3.63, 3.8) is 0 Å². The first-order chi connectivity index (χ1) is 10.2. The minimum absolute atomic E-state index is 0.602. The summed E-state index contributed by atoms with van der Waals surface area (Å²) in [5.41, 5.74) is 1.92. The Hall–Kier alpha value is -2.40. The van der Waals surface area contributed by atoms with Crippen LogP contribution < -0.4 is 0 Å². The Balaban J connectivity index is 1.77. The second kappa shape index (κ2) is 5.93. The van der Waals surface area contributed by atoms with Gasteiger partial charge in [-0.2, -0.15) is 5.10 Å². The fourth-order valence-electron chi connectivity index (χ4n) is 2.04. The molecule has 0 saturated heterocycles. The van der Waals surface area contributed by atoms with Crippen LogP contribution in [0.15, 0.2) is 53.3 Å². The summed E-state index contributed by atoms with van der Waals surface area (Å²) in [6.45, 7) is 1.79. The number of likely N-dealkylation sites (N-methyl/N-ethyl adjacent to an activating group) is 1. The van der Waals surface area contributed by atoms with Crippen molar-refractivity contribution < 1.29 is 4.42 Å². The average molecular weight is 282 g/mol. The van der Waals surface area contributed by atoms with Gasteiger partial charge >= 0.3 is 0 Å². The van der Waals surface area contributed by atoms with Crippen LogP contribution >= 0.6 is 0 Å². The van der Waals surface area contributed by atoms with Crippen molar-refractivity contribution in [2.24, 2.45) is 0 Å². The van der Waals surface area contributed by atoms with E-state index in [0.29, 0.717) is 5.89 Å². The molecule has 2 heterocycles. The molecule has 0 N–H and O–H groups in total. The summed E-state index contributed by atoms with van der Waals surface area (Å²) >= 11 is 0. The molecule has 5 nitrogen and oxygen atoms in total. The molecule has 0 fully saturated rings. The Bertz CT molecular complexity index is 700. The first-order valence-corrected chi connectivity index (χ1v) is 6.91. The molecule has 0 unspecified atom stereocenters. The van der Waals surface area contributed by atoms with Gasteiger partial charge < -0.3 is 9.32 Å². The van der Waals surface area contributed by atoms with E-state index in [9.17, 15) is 0 Å².